The van der Waals surface area contributed by atoms with Crippen LogP contribution in [0.1, 0.15) is 5.56 Å². The number of alkyl halides is 3. The number of hydrogen-bond donors (Lipinski definition) is 1. The zero-order chi connectivity index (χ0) is 10.8. The maximum atomic E-state index is 11.7. The summed E-state index contributed by atoms with van der Waals surface area (Å²) in [6.45, 7) is 0. The van der Waals surface area contributed by atoms with Crippen LogP contribution in [0.5, 0.6) is 5.88 Å². The highest BCUT2D eigenvalue weighted by atomic mass is 19.4. The van der Waals surface area contributed by atoms with Gasteiger partial charge in [0.05, 0.1) is 11.6 Å². The molecule has 0 radical (unpaired) electrons. The molecule has 74 valence electrons. The average molecular weight is 203 g/mol. The fourth-order valence-corrected chi connectivity index (χ4v) is 0.761. The van der Waals surface area contributed by atoms with Crippen molar-refractivity contribution in [2.24, 2.45) is 0 Å². The van der Waals surface area contributed by atoms with Gasteiger partial charge in [-0.1, -0.05) is 0 Å². The monoisotopic (exact) mass is 203 g/mol. The molecular formula is C7H4F3N3O. The van der Waals surface area contributed by atoms with E-state index >= 15 is 0 Å². The second-order valence-electron chi connectivity index (χ2n) is 2.28. The van der Waals surface area contributed by atoms with Gasteiger partial charge in [-0.3, -0.25) is 0 Å². The van der Waals surface area contributed by atoms with E-state index < -0.39 is 12.2 Å². The Kier molecular flexibility index (Phi) is 2.47. The minimum Gasteiger partial charge on any atom is -0.388 e. The number of halogens is 3. The number of nitrogens with two attached hydrogens (primary N) is 1. The van der Waals surface area contributed by atoms with E-state index in [9.17, 15) is 13.2 Å². The Morgan fingerprint density at radius 2 is 2.07 bits per heavy atom. The standard InChI is InChI=1S/C7H4F3N3O/c8-7(9,10)14-6-2-4(3-11)1-5(12)13-6/h1-2H,(H2,12,13). The normalized spacial score (nSPS) is 10.7. The van der Waals surface area contributed by atoms with Crippen LogP contribution in [-0.2, 0) is 0 Å². The molecule has 4 nitrogen and oxygen atoms in total. The number of nitrogen functional groups attached to an aromatic ring is 1. The second-order valence-corrected chi connectivity index (χ2v) is 2.28. The predicted molar refractivity (Wildman–Crippen MR) is 40.0 cm³/mol. The maximum absolute atomic E-state index is 11.7. The zero-order valence-electron chi connectivity index (χ0n) is 6.67. The molecule has 1 rings (SSSR count). The van der Waals surface area contributed by atoms with Gasteiger partial charge in [-0.25, -0.2) is 0 Å². The van der Waals surface area contributed by atoms with Crippen LogP contribution in [0.3, 0.4) is 0 Å². The van der Waals surface area contributed by atoms with Crippen LogP contribution in [0.25, 0.3) is 0 Å². The van der Waals surface area contributed by atoms with Crippen molar-refractivity contribution in [3.05, 3.63) is 17.7 Å². The molecule has 0 aliphatic carbocycles. The Balaban J connectivity index is 3.00. The molecule has 2 N–H and O–H groups in total. The Morgan fingerprint density at radius 3 is 2.57 bits per heavy atom. The fraction of sp³-hybridized carbons (Fsp3) is 0.143. The zero-order valence-corrected chi connectivity index (χ0v) is 6.67. The topological polar surface area (TPSA) is 71.9 Å². The minimum absolute atomic E-state index is 0.0447. The van der Waals surface area contributed by atoms with E-state index in [1.54, 1.807) is 6.07 Å². The lowest BCUT2D eigenvalue weighted by molar-refractivity contribution is -0.276. The van der Waals surface area contributed by atoms with Crippen molar-refractivity contribution in [2.75, 3.05) is 5.73 Å². The first-order chi connectivity index (χ1) is 6.40. The van der Waals surface area contributed by atoms with Gasteiger partial charge in [0.15, 0.2) is 0 Å². The number of nitriles is 1. The molecule has 0 saturated heterocycles. The van der Waals surface area contributed by atoms with Crippen molar-refractivity contribution in [3.63, 3.8) is 0 Å². The van der Waals surface area contributed by atoms with E-state index in [-0.39, 0.29) is 11.4 Å². The van der Waals surface area contributed by atoms with E-state index in [1.807, 2.05) is 0 Å². The smallest absolute Gasteiger partial charge is 0.388 e. The number of hydrogen-bond acceptors (Lipinski definition) is 4. The van der Waals surface area contributed by atoms with Crippen LogP contribution in [0.4, 0.5) is 19.0 Å². The summed E-state index contributed by atoms with van der Waals surface area (Å²) >= 11 is 0. The highest BCUT2D eigenvalue weighted by Gasteiger charge is 2.32. The van der Waals surface area contributed by atoms with Gasteiger partial charge >= 0.3 is 6.36 Å². The number of ether oxygens (including phenoxy) is 1. The maximum Gasteiger partial charge on any atom is 0.574 e. The van der Waals surface area contributed by atoms with Crippen molar-refractivity contribution in [1.82, 2.24) is 4.98 Å². The van der Waals surface area contributed by atoms with Crippen LogP contribution in [-0.4, -0.2) is 11.3 Å². The summed E-state index contributed by atoms with van der Waals surface area (Å²) in [6.07, 6.45) is -4.84. The van der Waals surface area contributed by atoms with E-state index in [2.05, 4.69) is 9.72 Å². The van der Waals surface area contributed by atoms with Gasteiger partial charge in [0, 0.05) is 6.07 Å². The van der Waals surface area contributed by atoms with Crippen LogP contribution in [0, 0.1) is 11.3 Å². The van der Waals surface area contributed by atoms with Gasteiger partial charge < -0.3 is 10.5 Å². The molecule has 7 heteroatoms. The van der Waals surface area contributed by atoms with Crippen LogP contribution in [0.2, 0.25) is 0 Å². The van der Waals surface area contributed by atoms with Crippen molar-refractivity contribution in [3.8, 4) is 11.9 Å². The molecule has 0 fully saturated rings. The molecule has 0 atom stereocenters. The third-order valence-electron chi connectivity index (χ3n) is 1.17. The van der Waals surface area contributed by atoms with E-state index in [0.29, 0.717) is 0 Å². The molecular weight excluding hydrogens is 199 g/mol. The average Bonchev–Trinajstić information content (AvgIpc) is 1.99. The van der Waals surface area contributed by atoms with Crippen LogP contribution < -0.4 is 10.5 Å². The molecule has 0 amide bonds. The lowest BCUT2D eigenvalue weighted by Gasteiger charge is -2.07. The number of nitrogens with zero attached hydrogens (tertiary/aromatic N) is 2. The first-order valence-electron chi connectivity index (χ1n) is 3.34. The molecule has 0 aliphatic heterocycles. The van der Waals surface area contributed by atoms with Crippen LogP contribution >= 0.6 is 0 Å². The van der Waals surface area contributed by atoms with Gasteiger partial charge in [-0.05, 0) is 6.07 Å². The highest BCUT2D eigenvalue weighted by molar-refractivity contribution is 5.42. The Bertz CT molecular complexity index is 383. The summed E-state index contributed by atoms with van der Waals surface area (Å²) in [5, 5.41) is 8.41. The quantitative estimate of drug-likeness (QED) is 0.749. The largest absolute Gasteiger partial charge is 0.574 e. The molecule has 14 heavy (non-hydrogen) atoms. The van der Waals surface area contributed by atoms with Gasteiger partial charge in [-0.15, -0.1) is 13.2 Å². The molecule has 1 aromatic heterocycles. The fourth-order valence-electron chi connectivity index (χ4n) is 0.761. The van der Waals surface area contributed by atoms with Crippen molar-refractivity contribution >= 4 is 5.82 Å². The number of rotatable bonds is 1. The first-order valence-corrected chi connectivity index (χ1v) is 3.34. The summed E-state index contributed by atoms with van der Waals surface area (Å²) < 4.78 is 38.7. The Hall–Kier alpha value is -1.97. The minimum atomic E-state index is -4.84. The molecule has 0 aliphatic rings. The summed E-state index contributed by atoms with van der Waals surface area (Å²) in [7, 11) is 0. The Morgan fingerprint density at radius 1 is 1.43 bits per heavy atom. The molecule has 0 bridgehead atoms. The number of pyridine rings is 1. The van der Waals surface area contributed by atoms with Crippen molar-refractivity contribution in [1.29, 1.82) is 5.26 Å². The van der Waals surface area contributed by atoms with Gasteiger partial charge in [0.25, 0.3) is 0 Å². The number of aromatic nitrogens is 1. The van der Waals surface area contributed by atoms with Gasteiger partial charge in [-0.2, -0.15) is 10.2 Å². The van der Waals surface area contributed by atoms with Gasteiger partial charge in [0.1, 0.15) is 5.82 Å². The molecule has 1 aromatic rings. The second kappa shape index (κ2) is 3.41. The molecule has 1 heterocycles. The van der Waals surface area contributed by atoms with Gasteiger partial charge in [0.2, 0.25) is 5.88 Å². The highest BCUT2D eigenvalue weighted by Crippen LogP contribution is 2.22. The molecule has 0 spiro atoms. The SMILES string of the molecule is N#Cc1cc(N)nc(OC(F)(F)F)c1. The summed E-state index contributed by atoms with van der Waals surface area (Å²) in [5.41, 5.74) is 5.10. The lowest BCUT2D eigenvalue weighted by Crippen LogP contribution is -2.18. The van der Waals surface area contributed by atoms with E-state index in [0.717, 1.165) is 12.1 Å². The molecule has 0 unspecified atom stereocenters. The third kappa shape index (κ3) is 2.82. The summed E-state index contributed by atoms with van der Waals surface area (Å²) in [5.74, 6) is -0.947. The molecule has 0 aromatic carbocycles. The van der Waals surface area contributed by atoms with E-state index in [1.165, 1.54) is 0 Å². The first kappa shape index (κ1) is 10.1. The summed E-state index contributed by atoms with van der Waals surface area (Å²) in [4.78, 5) is 3.25. The predicted octanol–water partition coefficient (Wildman–Crippen LogP) is 1.43. The van der Waals surface area contributed by atoms with Crippen molar-refractivity contribution in [2.45, 2.75) is 6.36 Å². The van der Waals surface area contributed by atoms with Crippen molar-refractivity contribution < 1.29 is 17.9 Å². The number of anilines is 1. The van der Waals surface area contributed by atoms with Crippen LogP contribution in [0.15, 0.2) is 12.1 Å². The Labute approximate surface area is 76.7 Å². The summed E-state index contributed by atoms with van der Waals surface area (Å²) in [6, 6.07) is 3.62. The van der Waals surface area contributed by atoms with E-state index in [4.69, 9.17) is 11.0 Å². The molecule has 0 saturated carbocycles. The third-order valence-corrected chi connectivity index (χ3v) is 1.17. The lowest BCUT2D eigenvalue weighted by atomic mass is 10.3.